The molecule has 2 aromatic rings. The Morgan fingerprint density at radius 3 is 2.54 bits per heavy atom. The van der Waals surface area contributed by atoms with Crippen molar-refractivity contribution in [2.45, 2.75) is 19.8 Å². The summed E-state index contributed by atoms with van der Waals surface area (Å²) in [5.74, 6) is -0.160. The summed E-state index contributed by atoms with van der Waals surface area (Å²) in [7, 11) is 0. The largest absolute Gasteiger partial charge is 0.483 e. The van der Waals surface area contributed by atoms with Crippen LogP contribution in [0.5, 0.6) is 5.75 Å². The van der Waals surface area contributed by atoms with Gasteiger partial charge in [-0.05, 0) is 64.8 Å². The van der Waals surface area contributed by atoms with Gasteiger partial charge in [0.1, 0.15) is 5.75 Å². The number of nitrogens with one attached hydrogen (secondary N) is 1. The predicted octanol–water partition coefficient (Wildman–Crippen LogP) is 5.08. The summed E-state index contributed by atoms with van der Waals surface area (Å²) >= 11 is 9.18. The monoisotopic (exact) mass is 439 g/mol. The third-order valence-electron chi connectivity index (χ3n) is 3.39. The summed E-state index contributed by atoms with van der Waals surface area (Å²) in [5, 5.41) is 3.28. The van der Waals surface area contributed by atoms with Crippen LogP contribution < -0.4 is 10.1 Å². The zero-order valence-electron chi connectivity index (χ0n) is 14.3. The maximum atomic E-state index is 12.0. The van der Waals surface area contributed by atoms with E-state index in [1.54, 1.807) is 42.5 Å². The maximum absolute atomic E-state index is 12.0. The number of halogens is 2. The molecule has 0 aliphatic carbocycles. The number of hydrogen-bond donors (Lipinski definition) is 1. The first kappa shape index (κ1) is 20.3. The molecule has 0 aliphatic rings. The Balaban J connectivity index is 1.84. The first-order chi connectivity index (χ1) is 12.5. The molecule has 0 saturated heterocycles. The lowest BCUT2D eigenvalue weighted by atomic mass is 10.2. The van der Waals surface area contributed by atoms with Crippen LogP contribution in [0, 0.1) is 0 Å². The number of rotatable bonds is 8. The number of carbonyl (C=O) groups is 2. The van der Waals surface area contributed by atoms with Crippen molar-refractivity contribution in [1.82, 2.24) is 0 Å². The zero-order chi connectivity index (χ0) is 18.9. The van der Waals surface area contributed by atoms with Crippen LogP contribution in [0.2, 0.25) is 5.02 Å². The van der Waals surface area contributed by atoms with Gasteiger partial charge in [0.2, 0.25) is 0 Å². The Hall–Kier alpha value is -2.05. The Morgan fingerprint density at radius 2 is 1.88 bits per heavy atom. The van der Waals surface area contributed by atoms with Crippen molar-refractivity contribution in [1.29, 1.82) is 0 Å². The van der Waals surface area contributed by atoms with Crippen molar-refractivity contribution in [2.75, 3.05) is 18.5 Å². The second-order valence-electron chi connectivity index (χ2n) is 5.48. The van der Waals surface area contributed by atoms with Crippen LogP contribution in [0.3, 0.4) is 0 Å². The summed E-state index contributed by atoms with van der Waals surface area (Å²) < 4.78 is 11.3. The highest BCUT2D eigenvalue weighted by Gasteiger charge is 2.09. The van der Waals surface area contributed by atoms with E-state index < -0.39 is 0 Å². The molecule has 0 saturated carbocycles. The SMILES string of the molecule is CCCCOC(=O)c1ccc(NC(=O)COc2ccc(Cl)cc2Br)cc1. The van der Waals surface area contributed by atoms with Crippen LogP contribution >= 0.6 is 27.5 Å². The smallest absolute Gasteiger partial charge is 0.338 e. The van der Waals surface area contributed by atoms with Gasteiger partial charge < -0.3 is 14.8 Å². The van der Waals surface area contributed by atoms with E-state index in [0.717, 1.165) is 12.8 Å². The molecule has 1 amide bonds. The normalized spacial score (nSPS) is 10.3. The highest BCUT2D eigenvalue weighted by Crippen LogP contribution is 2.27. The van der Waals surface area contributed by atoms with E-state index in [1.807, 2.05) is 6.92 Å². The van der Waals surface area contributed by atoms with Gasteiger partial charge in [-0.2, -0.15) is 0 Å². The topological polar surface area (TPSA) is 64.6 Å². The molecule has 138 valence electrons. The van der Waals surface area contributed by atoms with Gasteiger partial charge >= 0.3 is 5.97 Å². The fourth-order valence-corrected chi connectivity index (χ4v) is 2.81. The number of esters is 1. The molecule has 0 atom stereocenters. The first-order valence-corrected chi connectivity index (χ1v) is 9.31. The third-order valence-corrected chi connectivity index (χ3v) is 4.24. The Kier molecular flexibility index (Phi) is 7.94. The molecule has 0 bridgehead atoms. The molecule has 0 radical (unpaired) electrons. The molecule has 26 heavy (non-hydrogen) atoms. The van der Waals surface area contributed by atoms with Crippen LogP contribution in [0.15, 0.2) is 46.9 Å². The van der Waals surface area contributed by atoms with Crippen LogP contribution in [0.4, 0.5) is 5.69 Å². The number of amides is 1. The number of hydrogen-bond acceptors (Lipinski definition) is 4. The summed E-state index contributed by atoms with van der Waals surface area (Å²) in [6, 6.07) is 11.6. The summed E-state index contributed by atoms with van der Waals surface area (Å²) in [5.41, 5.74) is 1.01. The minimum atomic E-state index is -0.368. The second-order valence-corrected chi connectivity index (χ2v) is 6.77. The Morgan fingerprint density at radius 1 is 1.15 bits per heavy atom. The van der Waals surface area contributed by atoms with Gasteiger partial charge in [-0.1, -0.05) is 24.9 Å². The van der Waals surface area contributed by atoms with Gasteiger partial charge in [-0.15, -0.1) is 0 Å². The number of anilines is 1. The second kappa shape index (κ2) is 10.2. The number of unbranched alkanes of at least 4 members (excludes halogenated alkanes) is 1. The van der Waals surface area contributed by atoms with Crippen molar-refractivity contribution in [3.8, 4) is 5.75 Å². The molecule has 7 heteroatoms. The highest BCUT2D eigenvalue weighted by molar-refractivity contribution is 9.10. The van der Waals surface area contributed by atoms with Crippen molar-refractivity contribution in [3.05, 3.63) is 57.5 Å². The van der Waals surface area contributed by atoms with Crippen molar-refractivity contribution < 1.29 is 19.1 Å². The van der Waals surface area contributed by atoms with Gasteiger partial charge in [0.05, 0.1) is 16.6 Å². The van der Waals surface area contributed by atoms with E-state index in [-0.39, 0.29) is 18.5 Å². The molecule has 1 N–H and O–H groups in total. The summed E-state index contributed by atoms with van der Waals surface area (Å²) in [6.07, 6.45) is 1.80. The molecule has 2 aromatic carbocycles. The lowest BCUT2D eigenvalue weighted by molar-refractivity contribution is -0.118. The summed E-state index contributed by atoms with van der Waals surface area (Å²) in [6.45, 7) is 2.28. The average molecular weight is 441 g/mol. The minimum Gasteiger partial charge on any atom is -0.483 e. The van der Waals surface area contributed by atoms with Crippen LogP contribution in [-0.4, -0.2) is 25.1 Å². The van der Waals surface area contributed by atoms with Crippen LogP contribution in [0.1, 0.15) is 30.1 Å². The number of ether oxygens (including phenoxy) is 2. The molecule has 0 spiro atoms. The minimum absolute atomic E-state index is 0.152. The van der Waals surface area contributed by atoms with Crippen LogP contribution in [0.25, 0.3) is 0 Å². The summed E-state index contributed by atoms with van der Waals surface area (Å²) in [4.78, 5) is 23.8. The standard InChI is InChI=1S/C19H19BrClNO4/c1-2-3-10-25-19(24)13-4-7-15(8-5-13)22-18(23)12-26-17-9-6-14(21)11-16(17)20/h4-9,11H,2-3,10,12H2,1H3,(H,22,23). The van der Waals surface area contributed by atoms with Crippen molar-refractivity contribution in [2.24, 2.45) is 0 Å². The molecule has 0 unspecified atom stereocenters. The first-order valence-electron chi connectivity index (χ1n) is 8.14. The lowest BCUT2D eigenvalue weighted by Crippen LogP contribution is -2.20. The quantitative estimate of drug-likeness (QED) is 0.459. The van der Waals surface area contributed by atoms with Crippen LogP contribution in [-0.2, 0) is 9.53 Å². The maximum Gasteiger partial charge on any atom is 0.338 e. The Labute approximate surface area is 165 Å². The average Bonchev–Trinajstić information content (AvgIpc) is 2.61. The lowest BCUT2D eigenvalue weighted by Gasteiger charge is -2.09. The highest BCUT2D eigenvalue weighted by atomic mass is 79.9. The number of benzene rings is 2. The zero-order valence-corrected chi connectivity index (χ0v) is 16.6. The fourth-order valence-electron chi connectivity index (χ4n) is 2.01. The molecule has 0 heterocycles. The molecular formula is C19H19BrClNO4. The van der Waals surface area contributed by atoms with E-state index in [1.165, 1.54) is 0 Å². The molecular weight excluding hydrogens is 422 g/mol. The van der Waals surface area contributed by atoms with E-state index in [0.29, 0.717) is 33.1 Å². The molecule has 0 aliphatic heterocycles. The third kappa shape index (κ3) is 6.35. The predicted molar refractivity (Wildman–Crippen MR) is 105 cm³/mol. The van der Waals surface area contributed by atoms with Gasteiger partial charge in [0.15, 0.2) is 6.61 Å². The van der Waals surface area contributed by atoms with E-state index in [2.05, 4.69) is 21.2 Å². The number of carbonyl (C=O) groups excluding carboxylic acids is 2. The molecule has 0 fully saturated rings. The van der Waals surface area contributed by atoms with Gasteiger partial charge in [0.25, 0.3) is 5.91 Å². The van der Waals surface area contributed by atoms with Crippen molar-refractivity contribution in [3.63, 3.8) is 0 Å². The van der Waals surface area contributed by atoms with Gasteiger partial charge in [-0.3, -0.25) is 4.79 Å². The molecule has 0 aromatic heterocycles. The van der Waals surface area contributed by atoms with E-state index >= 15 is 0 Å². The van der Waals surface area contributed by atoms with Crippen molar-refractivity contribution >= 4 is 45.1 Å². The Bertz CT molecular complexity index is 765. The van der Waals surface area contributed by atoms with Gasteiger partial charge in [-0.25, -0.2) is 4.79 Å². The van der Waals surface area contributed by atoms with E-state index in [9.17, 15) is 9.59 Å². The van der Waals surface area contributed by atoms with E-state index in [4.69, 9.17) is 21.1 Å². The molecule has 5 nitrogen and oxygen atoms in total. The fraction of sp³-hybridized carbons (Fsp3) is 0.263. The van der Waals surface area contributed by atoms with Gasteiger partial charge in [0, 0.05) is 10.7 Å². The molecule has 2 rings (SSSR count).